The Labute approximate surface area is 167 Å². The number of aliphatic hydroxyl groups is 1. The average Bonchev–Trinajstić information content (AvgIpc) is 2.68. The van der Waals surface area contributed by atoms with Crippen molar-refractivity contribution in [1.29, 1.82) is 0 Å². The second kappa shape index (κ2) is 11.0. The number of hydrogen-bond acceptors (Lipinski definition) is 2. The Balaban J connectivity index is 0.000000313. The number of amides is 2. The Morgan fingerprint density at radius 1 is 1.19 bits per heavy atom. The van der Waals surface area contributed by atoms with Crippen LogP contribution in [0.2, 0.25) is 5.02 Å². The zero-order chi connectivity index (χ0) is 19.6. The summed E-state index contributed by atoms with van der Waals surface area (Å²) in [5.74, 6) is 0. The van der Waals surface area contributed by atoms with Crippen molar-refractivity contribution in [2.75, 3.05) is 13.2 Å². The lowest BCUT2D eigenvalue weighted by Gasteiger charge is -2.37. The average molecular weight is 389 g/mol. The van der Waals surface area contributed by atoms with Crippen LogP contribution >= 0.6 is 11.6 Å². The number of aliphatic hydroxyl groups excluding tert-OH is 1. The molecule has 1 aliphatic heterocycles. The lowest BCUT2D eigenvalue weighted by atomic mass is 10.0. The van der Waals surface area contributed by atoms with Crippen LogP contribution in [0.3, 0.4) is 0 Å². The first-order valence-corrected chi connectivity index (χ1v) is 9.84. The molecule has 0 bridgehead atoms. The molecule has 0 aromatic heterocycles. The molecule has 1 heterocycles. The van der Waals surface area contributed by atoms with Crippen LogP contribution in [-0.4, -0.2) is 35.2 Å². The molecule has 4 nitrogen and oxygen atoms in total. The van der Waals surface area contributed by atoms with Crippen molar-refractivity contribution < 1.29 is 9.90 Å². The van der Waals surface area contributed by atoms with E-state index in [9.17, 15) is 4.79 Å². The Morgan fingerprint density at radius 3 is 2.37 bits per heavy atom. The van der Waals surface area contributed by atoms with Crippen LogP contribution in [0.1, 0.15) is 43.4 Å². The summed E-state index contributed by atoms with van der Waals surface area (Å²) < 4.78 is 0. The molecule has 27 heavy (non-hydrogen) atoms. The maximum Gasteiger partial charge on any atom is 0.318 e. The molecule has 2 aromatic rings. The maximum atomic E-state index is 12.2. The van der Waals surface area contributed by atoms with Crippen molar-refractivity contribution >= 4 is 17.6 Å². The lowest BCUT2D eigenvalue weighted by Crippen LogP contribution is -2.52. The van der Waals surface area contributed by atoms with Gasteiger partial charge in [-0.05, 0) is 50.8 Å². The fourth-order valence-corrected chi connectivity index (χ4v) is 3.23. The molecular weight excluding hydrogens is 360 g/mol. The highest BCUT2D eigenvalue weighted by molar-refractivity contribution is 6.30. The summed E-state index contributed by atoms with van der Waals surface area (Å²) in [7, 11) is 0. The fraction of sp³-hybridized carbons (Fsp3) is 0.409. The highest BCUT2D eigenvalue weighted by atomic mass is 35.5. The van der Waals surface area contributed by atoms with Gasteiger partial charge in [0.25, 0.3) is 0 Å². The molecule has 1 fully saturated rings. The third-order valence-electron chi connectivity index (χ3n) is 4.78. The Bertz CT molecular complexity index is 691. The summed E-state index contributed by atoms with van der Waals surface area (Å²) in [6.07, 6.45) is 2.49. The quantitative estimate of drug-likeness (QED) is 0.761. The van der Waals surface area contributed by atoms with E-state index >= 15 is 0 Å². The topological polar surface area (TPSA) is 52.6 Å². The second-order valence-corrected chi connectivity index (χ2v) is 7.31. The summed E-state index contributed by atoms with van der Waals surface area (Å²) in [5, 5.41) is 12.6. The van der Waals surface area contributed by atoms with Crippen LogP contribution in [0.5, 0.6) is 0 Å². The molecule has 0 radical (unpaired) electrons. The number of aryl methyl sites for hydroxylation is 1. The number of hydrogen-bond donors (Lipinski definition) is 2. The number of urea groups is 1. The minimum atomic E-state index is -0.0263. The molecule has 5 heteroatoms. The van der Waals surface area contributed by atoms with Crippen LogP contribution < -0.4 is 5.32 Å². The van der Waals surface area contributed by atoms with Gasteiger partial charge in [0.2, 0.25) is 0 Å². The van der Waals surface area contributed by atoms with Gasteiger partial charge in [-0.25, -0.2) is 4.79 Å². The van der Waals surface area contributed by atoms with Crippen molar-refractivity contribution in [3.63, 3.8) is 0 Å². The smallest absolute Gasteiger partial charge is 0.318 e. The first-order valence-electron chi connectivity index (χ1n) is 9.46. The molecule has 0 aliphatic carbocycles. The van der Waals surface area contributed by atoms with Crippen molar-refractivity contribution in [1.82, 2.24) is 10.2 Å². The van der Waals surface area contributed by atoms with Gasteiger partial charge >= 0.3 is 6.03 Å². The monoisotopic (exact) mass is 388 g/mol. The van der Waals surface area contributed by atoms with E-state index in [0.29, 0.717) is 5.02 Å². The number of rotatable bonds is 5. The Kier molecular flexibility index (Phi) is 8.62. The van der Waals surface area contributed by atoms with Gasteiger partial charge in [0.05, 0.1) is 6.04 Å². The number of benzene rings is 2. The molecule has 1 saturated heterocycles. The van der Waals surface area contributed by atoms with Gasteiger partial charge in [0.15, 0.2) is 0 Å². The third kappa shape index (κ3) is 6.89. The van der Waals surface area contributed by atoms with Crippen molar-refractivity contribution in [3.8, 4) is 0 Å². The summed E-state index contributed by atoms with van der Waals surface area (Å²) in [6, 6.07) is 18.1. The van der Waals surface area contributed by atoms with E-state index in [1.165, 1.54) is 5.56 Å². The molecule has 1 aliphatic rings. The molecule has 0 spiro atoms. The zero-order valence-electron chi connectivity index (χ0n) is 16.1. The first kappa shape index (κ1) is 21.3. The molecule has 3 rings (SSSR count). The fourth-order valence-electron chi connectivity index (χ4n) is 3.11. The molecule has 2 unspecified atom stereocenters. The molecule has 146 valence electrons. The van der Waals surface area contributed by atoms with Gasteiger partial charge in [-0.1, -0.05) is 59.6 Å². The molecular formula is C22H29ClN2O2. The number of carbonyl (C=O) groups excluding carboxylic acids is 1. The summed E-state index contributed by atoms with van der Waals surface area (Å²) in [5.41, 5.74) is 2.40. The van der Waals surface area contributed by atoms with Gasteiger partial charge in [0.1, 0.15) is 0 Å². The van der Waals surface area contributed by atoms with Crippen LogP contribution in [0.25, 0.3) is 0 Å². The van der Waals surface area contributed by atoms with E-state index in [-0.39, 0.29) is 24.7 Å². The van der Waals surface area contributed by atoms with Gasteiger partial charge in [-0.15, -0.1) is 0 Å². The van der Waals surface area contributed by atoms with Crippen LogP contribution in [0, 0.1) is 6.92 Å². The van der Waals surface area contributed by atoms with E-state index in [2.05, 4.69) is 24.4 Å². The van der Waals surface area contributed by atoms with Crippen molar-refractivity contribution in [2.24, 2.45) is 0 Å². The van der Waals surface area contributed by atoms with Gasteiger partial charge < -0.3 is 15.3 Å². The predicted octanol–water partition coefficient (Wildman–Crippen LogP) is 4.95. The highest BCUT2D eigenvalue weighted by Gasteiger charge is 2.28. The van der Waals surface area contributed by atoms with E-state index in [1.807, 2.05) is 54.3 Å². The molecule has 2 N–H and O–H groups in total. The van der Waals surface area contributed by atoms with Crippen LogP contribution in [-0.2, 0) is 0 Å². The summed E-state index contributed by atoms with van der Waals surface area (Å²) in [6.45, 7) is 5.03. The number of halogens is 1. The number of nitrogens with zero attached hydrogens (tertiary/aromatic N) is 1. The molecule has 2 aromatic carbocycles. The lowest BCUT2D eigenvalue weighted by molar-refractivity contribution is 0.150. The van der Waals surface area contributed by atoms with E-state index in [0.717, 1.165) is 31.4 Å². The molecule has 2 amide bonds. The van der Waals surface area contributed by atoms with Gasteiger partial charge in [-0.2, -0.15) is 0 Å². The Hall–Kier alpha value is -2.04. The summed E-state index contributed by atoms with van der Waals surface area (Å²) >= 11 is 5.89. The standard InChI is InChI=1S/C15H21ClN2O2.C7H8/c1-11(12-4-6-13(16)7-5-12)18-9-8-14(3-2-10-19)17-15(18)20;1-7-5-3-2-4-6-7/h4-7,11,14,19H,2-3,8-10H2,1H3,(H,17,20);2-6H,1H3. The normalized spacial score (nSPS) is 17.6. The first-order chi connectivity index (χ1) is 13.0. The van der Waals surface area contributed by atoms with E-state index in [4.69, 9.17) is 16.7 Å². The van der Waals surface area contributed by atoms with Crippen LogP contribution in [0.15, 0.2) is 54.6 Å². The van der Waals surface area contributed by atoms with E-state index in [1.54, 1.807) is 0 Å². The minimum absolute atomic E-state index is 0.0263. The number of carbonyl (C=O) groups is 1. The third-order valence-corrected chi connectivity index (χ3v) is 5.03. The predicted molar refractivity (Wildman–Crippen MR) is 111 cm³/mol. The Morgan fingerprint density at radius 2 is 1.85 bits per heavy atom. The molecule has 0 saturated carbocycles. The zero-order valence-corrected chi connectivity index (χ0v) is 16.8. The van der Waals surface area contributed by atoms with Crippen molar-refractivity contribution in [2.45, 2.75) is 45.2 Å². The summed E-state index contributed by atoms with van der Waals surface area (Å²) in [4.78, 5) is 14.0. The SMILES string of the molecule is CC(c1ccc(Cl)cc1)N1CCC(CCCO)NC1=O.Cc1ccccc1. The largest absolute Gasteiger partial charge is 0.396 e. The van der Waals surface area contributed by atoms with Gasteiger partial charge in [0, 0.05) is 24.2 Å². The van der Waals surface area contributed by atoms with Crippen molar-refractivity contribution in [3.05, 3.63) is 70.7 Å². The second-order valence-electron chi connectivity index (χ2n) is 6.88. The maximum absolute atomic E-state index is 12.2. The van der Waals surface area contributed by atoms with Gasteiger partial charge in [-0.3, -0.25) is 0 Å². The number of nitrogens with one attached hydrogen (secondary N) is 1. The van der Waals surface area contributed by atoms with Crippen LogP contribution in [0.4, 0.5) is 4.79 Å². The minimum Gasteiger partial charge on any atom is -0.396 e. The molecule has 2 atom stereocenters. The highest BCUT2D eigenvalue weighted by Crippen LogP contribution is 2.24. The van der Waals surface area contributed by atoms with E-state index < -0.39 is 0 Å².